The molecule has 3 saturated heterocycles. The Morgan fingerprint density at radius 3 is 2.53 bits per heavy atom. The number of hydrogen-bond acceptors (Lipinski definition) is 6. The number of pyridine rings is 1. The van der Waals surface area contributed by atoms with E-state index >= 15 is 0 Å². The molecule has 0 spiro atoms. The van der Waals surface area contributed by atoms with Gasteiger partial charge in [0.1, 0.15) is 17.4 Å². The summed E-state index contributed by atoms with van der Waals surface area (Å²) in [4.78, 5) is 46.1. The van der Waals surface area contributed by atoms with Crippen LogP contribution in [0.4, 0.5) is 0 Å². The average Bonchev–Trinajstić information content (AvgIpc) is 3.15. The molecule has 8 nitrogen and oxygen atoms in total. The zero-order valence-electron chi connectivity index (χ0n) is 20.2. The molecule has 1 aromatic heterocycles. The molecule has 8 rings (SSSR count). The molecule has 8 heteroatoms. The molecule has 3 amide bonds. The number of aromatic nitrogens is 1. The highest BCUT2D eigenvalue weighted by Crippen LogP contribution is 2.49. The first-order chi connectivity index (χ1) is 17.5. The Kier molecular flexibility index (Phi) is 4.96. The molecule has 2 aliphatic carbocycles. The van der Waals surface area contributed by atoms with Gasteiger partial charge in [-0.25, -0.2) is 0 Å². The molecule has 4 aliphatic heterocycles. The standard InChI is InChI=1S/C28H30N4O4/c33-25-19-12-28(13-19,27(35)30-25)32-16-18-11-21(5-6-22(18)26(32)34)36-24-4-2-1-3-23(24)31-14-20(15-31)17-7-9-29-10-8-17/h5-11,19-20,23-24H,1-4,12-16H2,(H,30,33,35)/t19?,23-,24-,28?/m0/s1. The average molecular weight is 487 g/mol. The van der Waals surface area contributed by atoms with Crippen LogP contribution in [0.15, 0.2) is 42.7 Å². The first-order valence-electron chi connectivity index (χ1n) is 13.1. The number of hydrogen-bond donors (Lipinski definition) is 1. The Balaban J connectivity index is 1.04. The fraction of sp³-hybridized carbons (Fsp3) is 0.500. The summed E-state index contributed by atoms with van der Waals surface area (Å²) in [7, 11) is 0. The third kappa shape index (κ3) is 3.30. The summed E-state index contributed by atoms with van der Waals surface area (Å²) < 4.78 is 6.57. The molecule has 36 heavy (non-hydrogen) atoms. The topological polar surface area (TPSA) is 91.8 Å². The number of amides is 3. The van der Waals surface area contributed by atoms with Gasteiger partial charge in [0.05, 0.1) is 0 Å². The van der Waals surface area contributed by atoms with Crippen molar-refractivity contribution in [3.63, 3.8) is 0 Å². The molecule has 5 heterocycles. The van der Waals surface area contributed by atoms with E-state index in [-0.39, 0.29) is 29.7 Å². The van der Waals surface area contributed by atoms with E-state index < -0.39 is 5.54 Å². The van der Waals surface area contributed by atoms with Crippen molar-refractivity contribution >= 4 is 17.7 Å². The fourth-order valence-corrected chi connectivity index (χ4v) is 6.95. The predicted octanol–water partition coefficient (Wildman–Crippen LogP) is 2.63. The van der Waals surface area contributed by atoms with Crippen LogP contribution in [0.1, 0.15) is 65.9 Å². The Bertz CT molecular complexity index is 1240. The fourth-order valence-electron chi connectivity index (χ4n) is 6.95. The van der Waals surface area contributed by atoms with Crippen LogP contribution in [-0.4, -0.2) is 63.3 Å². The number of nitrogens with one attached hydrogen (secondary N) is 1. The van der Waals surface area contributed by atoms with Crippen molar-refractivity contribution in [3.8, 4) is 5.75 Å². The maximum absolute atomic E-state index is 13.2. The number of carbonyl (C=O) groups is 3. The van der Waals surface area contributed by atoms with Crippen LogP contribution in [0.3, 0.4) is 0 Å². The molecule has 1 N–H and O–H groups in total. The largest absolute Gasteiger partial charge is 0.489 e. The lowest BCUT2D eigenvalue weighted by atomic mass is 9.63. The van der Waals surface area contributed by atoms with E-state index in [1.54, 1.807) is 4.90 Å². The number of benzene rings is 1. The second-order valence-electron chi connectivity index (χ2n) is 11.1. The van der Waals surface area contributed by atoms with Crippen molar-refractivity contribution < 1.29 is 19.1 Å². The number of imide groups is 1. The molecule has 2 bridgehead atoms. The summed E-state index contributed by atoms with van der Waals surface area (Å²) in [6.45, 7) is 2.49. The number of carbonyl (C=O) groups excluding carboxylic acids is 3. The van der Waals surface area contributed by atoms with Gasteiger partial charge in [-0.2, -0.15) is 0 Å². The van der Waals surface area contributed by atoms with Gasteiger partial charge in [-0.05, 0) is 73.6 Å². The smallest absolute Gasteiger partial charge is 0.255 e. The van der Waals surface area contributed by atoms with E-state index in [1.165, 1.54) is 12.0 Å². The number of fused-ring (bicyclic) bond motifs is 3. The van der Waals surface area contributed by atoms with E-state index in [2.05, 4.69) is 27.3 Å². The minimum atomic E-state index is -0.882. The predicted molar refractivity (Wildman–Crippen MR) is 130 cm³/mol. The molecule has 5 fully saturated rings. The number of ether oxygens (including phenoxy) is 1. The molecule has 2 atom stereocenters. The zero-order chi connectivity index (χ0) is 24.4. The number of nitrogens with zero attached hydrogens (tertiary/aromatic N) is 3. The third-order valence-corrected chi connectivity index (χ3v) is 9.11. The molecule has 2 aromatic rings. The van der Waals surface area contributed by atoms with Crippen LogP contribution in [-0.2, 0) is 16.1 Å². The van der Waals surface area contributed by atoms with Crippen LogP contribution in [0.5, 0.6) is 5.75 Å². The molecule has 0 radical (unpaired) electrons. The van der Waals surface area contributed by atoms with Gasteiger partial charge in [-0.15, -0.1) is 0 Å². The molecule has 1 aromatic carbocycles. The van der Waals surface area contributed by atoms with Crippen molar-refractivity contribution in [3.05, 3.63) is 59.4 Å². The van der Waals surface area contributed by atoms with E-state index in [0.29, 0.717) is 36.9 Å². The molecular weight excluding hydrogens is 456 g/mol. The van der Waals surface area contributed by atoms with Crippen LogP contribution < -0.4 is 10.1 Å². The lowest BCUT2D eigenvalue weighted by Gasteiger charge is -2.53. The number of rotatable bonds is 5. The van der Waals surface area contributed by atoms with Crippen molar-refractivity contribution in [2.75, 3.05) is 13.1 Å². The zero-order valence-corrected chi connectivity index (χ0v) is 20.2. The van der Waals surface area contributed by atoms with E-state index in [9.17, 15) is 14.4 Å². The lowest BCUT2D eigenvalue weighted by molar-refractivity contribution is -0.160. The first kappa shape index (κ1) is 22.0. The SMILES string of the molecule is O=C1NC(=O)C2(N3Cc4cc(O[C@H]5CCCC[C@@H]5N5CC(c6ccncc6)C5)ccc4C3=O)CC1C2. The second kappa shape index (κ2) is 8.13. The molecule has 2 saturated carbocycles. The summed E-state index contributed by atoms with van der Waals surface area (Å²) in [5, 5.41) is 2.45. The summed E-state index contributed by atoms with van der Waals surface area (Å²) >= 11 is 0. The maximum Gasteiger partial charge on any atom is 0.255 e. The van der Waals surface area contributed by atoms with Gasteiger partial charge < -0.3 is 9.64 Å². The lowest BCUT2D eigenvalue weighted by Crippen LogP contribution is -2.73. The van der Waals surface area contributed by atoms with Crippen LogP contribution in [0.2, 0.25) is 0 Å². The maximum atomic E-state index is 13.2. The van der Waals surface area contributed by atoms with Crippen molar-refractivity contribution in [2.24, 2.45) is 5.92 Å². The number of likely N-dealkylation sites (tertiary alicyclic amines) is 1. The summed E-state index contributed by atoms with van der Waals surface area (Å²) in [6.07, 6.45) is 9.29. The van der Waals surface area contributed by atoms with Crippen LogP contribution in [0, 0.1) is 5.92 Å². The summed E-state index contributed by atoms with van der Waals surface area (Å²) in [6, 6.07) is 10.3. The third-order valence-electron chi connectivity index (χ3n) is 9.11. The van der Waals surface area contributed by atoms with E-state index in [1.807, 2.05) is 30.6 Å². The van der Waals surface area contributed by atoms with E-state index in [0.717, 1.165) is 43.7 Å². The van der Waals surface area contributed by atoms with Crippen molar-refractivity contribution in [1.29, 1.82) is 0 Å². The van der Waals surface area contributed by atoms with Gasteiger partial charge in [-0.1, -0.05) is 6.42 Å². The van der Waals surface area contributed by atoms with Gasteiger partial charge in [0.25, 0.3) is 11.8 Å². The van der Waals surface area contributed by atoms with Gasteiger partial charge in [-0.3, -0.25) is 29.6 Å². The highest BCUT2D eigenvalue weighted by atomic mass is 16.5. The van der Waals surface area contributed by atoms with Crippen LogP contribution in [0.25, 0.3) is 0 Å². The summed E-state index contributed by atoms with van der Waals surface area (Å²) in [5.41, 5.74) is 2.00. The van der Waals surface area contributed by atoms with Gasteiger partial charge in [0, 0.05) is 55.5 Å². The van der Waals surface area contributed by atoms with Gasteiger partial charge in [0.15, 0.2) is 0 Å². The highest BCUT2D eigenvalue weighted by molar-refractivity contribution is 6.10. The first-order valence-corrected chi connectivity index (χ1v) is 13.1. The Labute approximate surface area is 210 Å². The Morgan fingerprint density at radius 1 is 0.972 bits per heavy atom. The van der Waals surface area contributed by atoms with Gasteiger partial charge in [0.2, 0.25) is 5.91 Å². The Hall–Kier alpha value is -3.26. The molecule has 0 unspecified atom stereocenters. The van der Waals surface area contributed by atoms with Crippen LogP contribution >= 0.6 is 0 Å². The van der Waals surface area contributed by atoms with E-state index in [4.69, 9.17) is 4.74 Å². The molecule has 6 aliphatic rings. The minimum Gasteiger partial charge on any atom is -0.489 e. The number of piperidine rings is 2. The van der Waals surface area contributed by atoms with Gasteiger partial charge >= 0.3 is 0 Å². The van der Waals surface area contributed by atoms with Crippen molar-refractivity contribution in [1.82, 2.24) is 20.1 Å². The monoisotopic (exact) mass is 486 g/mol. The molecular formula is C28H30N4O4. The normalized spacial score (nSPS) is 31.9. The second-order valence-corrected chi connectivity index (χ2v) is 11.1. The quantitative estimate of drug-likeness (QED) is 0.654. The van der Waals surface area contributed by atoms with Crippen molar-refractivity contribution in [2.45, 2.75) is 68.7 Å². The summed E-state index contributed by atoms with van der Waals surface area (Å²) in [5.74, 6) is 0.512. The molecule has 186 valence electrons. The Morgan fingerprint density at radius 2 is 1.75 bits per heavy atom. The minimum absolute atomic E-state index is 0.127. The highest BCUT2D eigenvalue weighted by Gasteiger charge is 2.63.